The van der Waals surface area contributed by atoms with Crippen molar-refractivity contribution in [3.05, 3.63) is 35.8 Å². The number of hydrogen-bond acceptors (Lipinski definition) is 4. The van der Waals surface area contributed by atoms with Gasteiger partial charge in [0.15, 0.2) is 5.69 Å². The van der Waals surface area contributed by atoms with Crippen molar-refractivity contribution in [2.24, 2.45) is 7.05 Å². The van der Waals surface area contributed by atoms with Gasteiger partial charge in [-0.1, -0.05) is 0 Å². The Kier molecular flexibility index (Phi) is 5.70. The van der Waals surface area contributed by atoms with Crippen LogP contribution in [0.1, 0.15) is 16.9 Å². The maximum absolute atomic E-state index is 14.2. The molecule has 0 bridgehead atoms. The van der Waals surface area contributed by atoms with E-state index in [-0.39, 0.29) is 11.6 Å². The monoisotopic (exact) mass is 321 g/mol. The highest BCUT2D eigenvalue weighted by Gasteiger charge is 2.16. The van der Waals surface area contributed by atoms with E-state index in [2.05, 4.69) is 10.4 Å². The van der Waals surface area contributed by atoms with Gasteiger partial charge >= 0.3 is 0 Å². The maximum atomic E-state index is 14.2. The summed E-state index contributed by atoms with van der Waals surface area (Å²) >= 11 is 0. The number of aryl methyl sites for hydroxylation is 1. The van der Waals surface area contributed by atoms with E-state index in [4.69, 9.17) is 9.47 Å². The van der Waals surface area contributed by atoms with E-state index in [0.717, 1.165) is 6.42 Å². The zero-order valence-corrected chi connectivity index (χ0v) is 13.4. The van der Waals surface area contributed by atoms with Crippen LogP contribution >= 0.6 is 0 Å². The summed E-state index contributed by atoms with van der Waals surface area (Å²) in [6, 6.07) is 6.13. The molecule has 7 heteroatoms. The summed E-state index contributed by atoms with van der Waals surface area (Å²) in [5.74, 6) is -0.291. The van der Waals surface area contributed by atoms with Gasteiger partial charge in [0, 0.05) is 38.9 Å². The molecule has 0 saturated heterocycles. The van der Waals surface area contributed by atoms with Gasteiger partial charge in [0.25, 0.3) is 5.91 Å². The lowest BCUT2D eigenvalue weighted by atomic mass is 10.1. The molecule has 124 valence electrons. The van der Waals surface area contributed by atoms with Crippen molar-refractivity contribution in [3.8, 4) is 17.0 Å². The van der Waals surface area contributed by atoms with Crippen LogP contribution in [0.4, 0.5) is 4.39 Å². The second-order valence-electron chi connectivity index (χ2n) is 4.99. The Balaban J connectivity index is 2.16. The highest BCUT2D eigenvalue weighted by molar-refractivity contribution is 5.93. The summed E-state index contributed by atoms with van der Waals surface area (Å²) in [6.07, 6.45) is 0.717. The standard InChI is InChI=1S/C16H20FN3O3/c1-20-15(12-6-5-11(23-3)9-13(12)17)10-14(19-20)16(21)18-7-4-8-22-2/h5-6,9-10H,4,7-8H2,1-3H3,(H,18,21). The Morgan fingerprint density at radius 1 is 1.35 bits per heavy atom. The average Bonchev–Trinajstić information content (AvgIpc) is 2.93. The average molecular weight is 321 g/mol. The number of nitrogens with one attached hydrogen (secondary N) is 1. The van der Waals surface area contributed by atoms with Crippen LogP contribution in [-0.2, 0) is 11.8 Å². The molecule has 23 heavy (non-hydrogen) atoms. The fourth-order valence-corrected chi connectivity index (χ4v) is 2.17. The number of carbonyl (C=O) groups excluding carboxylic acids is 1. The van der Waals surface area contributed by atoms with E-state index in [1.165, 1.54) is 17.9 Å². The van der Waals surface area contributed by atoms with Crippen LogP contribution < -0.4 is 10.1 Å². The molecule has 6 nitrogen and oxygen atoms in total. The SMILES string of the molecule is COCCCNC(=O)c1cc(-c2ccc(OC)cc2F)n(C)n1. The first-order valence-electron chi connectivity index (χ1n) is 7.22. The van der Waals surface area contributed by atoms with Crippen LogP contribution in [0.15, 0.2) is 24.3 Å². The third-order valence-electron chi connectivity index (χ3n) is 3.38. The zero-order chi connectivity index (χ0) is 16.8. The van der Waals surface area contributed by atoms with Crippen molar-refractivity contribution >= 4 is 5.91 Å². The molecule has 0 fully saturated rings. The smallest absolute Gasteiger partial charge is 0.271 e. The van der Waals surface area contributed by atoms with Gasteiger partial charge in [-0.05, 0) is 24.6 Å². The summed E-state index contributed by atoms with van der Waals surface area (Å²) in [5, 5.41) is 6.90. The number of nitrogens with zero attached hydrogens (tertiary/aromatic N) is 2. The molecule has 1 N–H and O–H groups in total. The molecule has 0 radical (unpaired) electrons. The van der Waals surface area contributed by atoms with E-state index < -0.39 is 5.82 Å². The van der Waals surface area contributed by atoms with Crippen molar-refractivity contribution < 1.29 is 18.7 Å². The molecule has 1 amide bonds. The third kappa shape index (κ3) is 4.07. The highest BCUT2D eigenvalue weighted by Crippen LogP contribution is 2.26. The Morgan fingerprint density at radius 3 is 2.78 bits per heavy atom. The molecule has 0 aliphatic carbocycles. The number of amides is 1. The van der Waals surface area contributed by atoms with Gasteiger partial charge in [0.05, 0.1) is 12.8 Å². The number of halogens is 1. The van der Waals surface area contributed by atoms with Crippen molar-refractivity contribution in [2.75, 3.05) is 27.4 Å². The minimum atomic E-state index is -0.431. The van der Waals surface area contributed by atoms with Crippen LogP contribution in [0.25, 0.3) is 11.3 Å². The number of aromatic nitrogens is 2. The summed E-state index contributed by atoms with van der Waals surface area (Å²) < 4.78 is 25.6. The molecule has 2 aromatic rings. The number of ether oxygens (including phenoxy) is 2. The van der Waals surface area contributed by atoms with Crippen LogP contribution in [0, 0.1) is 5.82 Å². The normalized spacial score (nSPS) is 10.6. The van der Waals surface area contributed by atoms with E-state index in [9.17, 15) is 9.18 Å². The molecule has 0 atom stereocenters. The number of rotatable bonds is 7. The number of methoxy groups -OCH3 is 2. The lowest BCUT2D eigenvalue weighted by Crippen LogP contribution is -2.25. The summed E-state index contributed by atoms with van der Waals surface area (Å²) in [4.78, 5) is 12.0. The Morgan fingerprint density at radius 2 is 2.13 bits per heavy atom. The van der Waals surface area contributed by atoms with E-state index in [1.54, 1.807) is 32.4 Å². The van der Waals surface area contributed by atoms with E-state index in [1.807, 2.05) is 0 Å². The second kappa shape index (κ2) is 7.73. The summed E-state index contributed by atoms with van der Waals surface area (Å²) in [6.45, 7) is 1.07. The minimum Gasteiger partial charge on any atom is -0.497 e. The van der Waals surface area contributed by atoms with Gasteiger partial charge < -0.3 is 14.8 Å². The number of carbonyl (C=O) groups is 1. The van der Waals surface area contributed by atoms with Gasteiger partial charge in [0.1, 0.15) is 11.6 Å². The van der Waals surface area contributed by atoms with Crippen molar-refractivity contribution in [1.82, 2.24) is 15.1 Å². The molecular weight excluding hydrogens is 301 g/mol. The number of hydrogen-bond donors (Lipinski definition) is 1. The van der Waals surface area contributed by atoms with Gasteiger partial charge in [-0.3, -0.25) is 9.48 Å². The van der Waals surface area contributed by atoms with Crippen LogP contribution in [0.5, 0.6) is 5.75 Å². The first kappa shape index (κ1) is 17.0. The van der Waals surface area contributed by atoms with Gasteiger partial charge in [-0.15, -0.1) is 0 Å². The topological polar surface area (TPSA) is 65.4 Å². The predicted molar refractivity (Wildman–Crippen MR) is 84.0 cm³/mol. The molecule has 2 rings (SSSR count). The summed E-state index contributed by atoms with van der Waals surface area (Å²) in [7, 11) is 4.75. The first-order valence-corrected chi connectivity index (χ1v) is 7.22. The van der Waals surface area contributed by atoms with Gasteiger partial charge in [-0.2, -0.15) is 5.10 Å². The molecule has 0 unspecified atom stereocenters. The third-order valence-corrected chi connectivity index (χ3v) is 3.38. The lowest BCUT2D eigenvalue weighted by Gasteiger charge is -2.05. The largest absolute Gasteiger partial charge is 0.497 e. The van der Waals surface area contributed by atoms with Crippen LogP contribution in [-0.4, -0.2) is 43.1 Å². The summed E-state index contributed by atoms with van der Waals surface area (Å²) in [5.41, 5.74) is 1.13. The molecule has 1 heterocycles. The quantitative estimate of drug-likeness (QED) is 0.792. The Hall–Kier alpha value is -2.41. The second-order valence-corrected chi connectivity index (χ2v) is 4.99. The van der Waals surface area contributed by atoms with Crippen molar-refractivity contribution in [3.63, 3.8) is 0 Å². The van der Waals surface area contributed by atoms with E-state index in [0.29, 0.717) is 30.2 Å². The lowest BCUT2D eigenvalue weighted by molar-refractivity contribution is 0.0943. The Labute approximate surface area is 134 Å². The molecule has 1 aromatic carbocycles. The molecule has 0 saturated carbocycles. The first-order chi connectivity index (χ1) is 11.1. The van der Waals surface area contributed by atoms with Crippen molar-refractivity contribution in [2.45, 2.75) is 6.42 Å². The predicted octanol–water partition coefficient (Wildman–Crippen LogP) is 2.00. The highest BCUT2D eigenvalue weighted by atomic mass is 19.1. The molecule has 0 aliphatic rings. The van der Waals surface area contributed by atoms with Crippen LogP contribution in [0.3, 0.4) is 0 Å². The minimum absolute atomic E-state index is 0.245. The number of benzene rings is 1. The molecule has 0 spiro atoms. The fraction of sp³-hybridized carbons (Fsp3) is 0.375. The van der Waals surface area contributed by atoms with Gasteiger partial charge in [-0.25, -0.2) is 4.39 Å². The Bertz CT molecular complexity index is 685. The zero-order valence-electron chi connectivity index (χ0n) is 13.4. The van der Waals surface area contributed by atoms with E-state index >= 15 is 0 Å². The molecule has 0 aliphatic heterocycles. The van der Waals surface area contributed by atoms with Gasteiger partial charge in [0.2, 0.25) is 0 Å². The van der Waals surface area contributed by atoms with Crippen molar-refractivity contribution in [1.29, 1.82) is 0 Å². The maximum Gasteiger partial charge on any atom is 0.271 e. The van der Waals surface area contributed by atoms with Crippen LogP contribution in [0.2, 0.25) is 0 Å². The molecular formula is C16H20FN3O3. The fourth-order valence-electron chi connectivity index (χ4n) is 2.17. The molecule has 1 aromatic heterocycles.